The van der Waals surface area contributed by atoms with Crippen LogP contribution >= 0.6 is 31.9 Å². The number of hydrogen-bond acceptors (Lipinski definition) is 2. The normalized spacial score (nSPS) is 10.3. The third-order valence-corrected chi connectivity index (χ3v) is 4.38. The van der Waals surface area contributed by atoms with Gasteiger partial charge < -0.3 is 4.74 Å². The second-order valence-corrected chi connectivity index (χ2v) is 5.80. The fraction of sp³-hybridized carbons (Fsp3) is 0.133. The van der Waals surface area contributed by atoms with E-state index >= 15 is 0 Å². The van der Waals surface area contributed by atoms with Crippen LogP contribution in [-0.2, 0) is 0 Å². The summed E-state index contributed by atoms with van der Waals surface area (Å²) < 4.78 is 6.93. The van der Waals surface area contributed by atoms with Crippen LogP contribution in [0.3, 0.4) is 0 Å². The van der Waals surface area contributed by atoms with Gasteiger partial charge >= 0.3 is 0 Å². The Balaban J connectivity index is 2.48. The Morgan fingerprint density at radius 3 is 2.53 bits per heavy atom. The Labute approximate surface area is 129 Å². The number of methoxy groups -OCH3 is 1. The Bertz CT molecular complexity index is 636. The topological polar surface area (TPSA) is 26.3 Å². The van der Waals surface area contributed by atoms with Crippen molar-refractivity contribution in [1.29, 1.82) is 0 Å². The molecule has 0 amide bonds. The van der Waals surface area contributed by atoms with Crippen molar-refractivity contribution in [3.8, 4) is 5.75 Å². The summed E-state index contributed by atoms with van der Waals surface area (Å²) in [4.78, 5) is 12.5. The van der Waals surface area contributed by atoms with Gasteiger partial charge in [-0.15, -0.1) is 0 Å². The zero-order chi connectivity index (χ0) is 14.0. The van der Waals surface area contributed by atoms with Crippen LogP contribution in [0.25, 0.3) is 0 Å². The molecule has 2 aromatic carbocycles. The molecule has 4 heteroatoms. The molecule has 2 aromatic rings. The van der Waals surface area contributed by atoms with Gasteiger partial charge in [0.2, 0.25) is 0 Å². The summed E-state index contributed by atoms with van der Waals surface area (Å²) in [6, 6.07) is 11.0. The molecule has 2 rings (SSSR count). The number of benzene rings is 2. The maximum atomic E-state index is 12.5. The SMILES string of the molecule is COc1ccc(C(=O)c2cccc(Br)c2)c(C)c1Br. The maximum Gasteiger partial charge on any atom is 0.193 e. The molecule has 0 radical (unpaired) electrons. The minimum atomic E-state index is 0.00199. The molecule has 0 fully saturated rings. The lowest BCUT2D eigenvalue weighted by Gasteiger charge is -2.10. The van der Waals surface area contributed by atoms with E-state index in [1.165, 1.54) is 0 Å². The zero-order valence-electron chi connectivity index (χ0n) is 10.5. The molecule has 0 saturated carbocycles. The fourth-order valence-electron chi connectivity index (χ4n) is 1.85. The van der Waals surface area contributed by atoms with E-state index < -0.39 is 0 Å². The van der Waals surface area contributed by atoms with Gasteiger partial charge in [-0.3, -0.25) is 4.79 Å². The Kier molecular flexibility index (Phi) is 4.42. The summed E-state index contributed by atoms with van der Waals surface area (Å²) in [7, 11) is 1.61. The molecule has 0 aliphatic heterocycles. The van der Waals surface area contributed by atoms with Crippen molar-refractivity contribution < 1.29 is 9.53 Å². The molecule has 0 spiro atoms. The molecule has 98 valence electrons. The van der Waals surface area contributed by atoms with Gasteiger partial charge in [0.05, 0.1) is 11.6 Å². The summed E-state index contributed by atoms with van der Waals surface area (Å²) in [5, 5.41) is 0. The van der Waals surface area contributed by atoms with Gasteiger partial charge in [0, 0.05) is 15.6 Å². The minimum absolute atomic E-state index is 0.00199. The van der Waals surface area contributed by atoms with Crippen LogP contribution < -0.4 is 4.74 Å². The first-order valence-electron chi connectivity index (χ1n) is 5.68. The Morgan fingerprint density at radius 2 is 1.89 bits per heavy atom. The van der Waals surface area contributed by atoms with Gasteiger partial charge in [-0.1, -0.05) is 28.1 Å². The van der Waals surface area contributed by atoms with E-state index in [1.54, 1.807) is 19.2 Å². The number of halogens is 2. The van der Waals surface area contributed by atoms with Crippen molar-refractivity contribution in [3.63, 3.8) is 0 Å². The molecule has 0 aliphatic rings. The number of carbonyl (C=O) groups excluding carboxylic acids is 1. The Hall–Kier alpha value is -1.13. The molecule has 0 bridgehead atoms. The van der Waals surface area contributed by atoms with Crippen molar-refractivity contribution in [3.05, 3.63) is 62.0 Å². The third-order valence-electron chi connectivity index (χ3n) is 2.90. The number of hydrogen-bond donors (Lipinski definition) is 0. The molecule has 0 saturated heterocycles. The lowest BCUT2D eigenvalue weighted by Crippen LogP contribution is -2.04. The third kappa shape index (κ3) is 2.90. The van der Waals surface area contributed by atoms with Gasteiger partial charge in [-0.05, 0) is 52.7 Å². The van der Waals surface area contributed by atoms with Crippen LogP contribution in [0.5, 0.6) is 5.75 Å². The van der Waals surface area contributed by atoms with Crippen LogP contribution in [0.15, 0.2) is 45.3 Å². The Morgan fingerprint density at radius 1 is 1.16 bits per heavy atom. The van der Waals surface area contributed by atoms with E-state index in [-0.39, 0.29) is 5.78 Å². The highest BCUT2D eigenvalue weighted by Gasteiger charge is 2.15. The van der Waals surface area contributed by atoms with E-state index in [4.69, 9.17) is 4.74 Å². The van der Waals surface area contributed by atoms with Crippen LogP contribution in [0.4, 0.5) is 0 Å². The van der Waals surface area contributed by atoms with Gasteiger partial charge in [0.15, 0.2) is 5.78 Å². The quantitative estimate of drug-likeness (QED) is 0.714. The molecule has 0 atom stereocenters. The summed E-state index contributed by atoms with van der Waals surface area (Å²) in [5.41, 5.74) is 2.21. The van der Waals surface area contributed by atoms with Gasteiger partial charge in [-0.2, -0.15) is 0 Å². The smallest absolute Gasteiger partial charge is 0.193 e. The largest absolute Gasteiger partial charge is 0.496 e. The minimum Gasteiger partial charge on any atom is -0.496 e. The van der Waals surface area contributed by atoms with E-state index in [0.717, 1.165) is 20.3 Å². The molecule has 0 heterocycles. The molecule has 19 heavy (non-hydrogen) atoms. The molecule has 0 unspecified atom stereocenters. The van der Waals surface area contributed by atoms with Crippen LogP contribution in [0.2, 0.25) is 0 Å². The first-order chi connectivity index (χ1) is 9.04. The highest BCUT2D eigenvalue weighted by atomic mass is 79.9. The van der Waals surface area contributed by atoms with Crippen molar-refractivity contribution in [1.82, 2.24) is 0 Å². The lowest BCUT2D eigenvalue weighted by molar-refractivity contribution is 0.103. The van der Waals surface area contributed by atoms with Gasteiger partial charge in [0.25, 0.3) is 0 Å². The van der Waals surface area contributed by atoms with Crippen molar-refractivity contribution >= 4 is 37.6 Å². The second-order valence-electron chi connectivity index (χ2n) is 4.09. The molecular formula is C15H12Br2O2. The molecule has 0 aromatic heterocycles. The number of ether oxygens (including phenoxy) is 1. The highest BCUT2D eigenvalue weighted by Crippen LogP contribution is 2.31. The molecule has 2 nitrogen and oxygen atoms in total. The average Bonchev–Trinajstić information content (AvgIpc) is 2.41. The van der Waals surface area contributed by atoms with Crippen LogP contribution in [-0.4, -0.2) is 12.9 Å². The summed E-state index contributed by atoms with van der Waals surface area (Å²) in [6.07, 6.45) is 0. The second kappa shape index (κ2) is 5.88. The van der Waals surface area contributed by atoms with E-state index in [9.17, 15) is 4.79 Å². The fourth-order valence-corrected chi connectivity index (χ4v) is 2.76. The van der Waals surface area contributed by atoms with Crippen molar-refractivity contribution in [2.45, 2.75) is 6.92 Å². The van der Waals surface area contributed by atoms with E-state index in [1.807, 2.05) is 31.2 Å². The van der Waals surface area contributed by atoms with E-state index in [2.05, 4.69) is 31.9 Å². The summed E-state index contributed by atoms with van der Waals surface area (Å²) in [6.45, 7) is 1.90. The number of carbonyl (C=O) groups is 1. The molecular weight excluding hydrogens is 372 g/mol. The average molecular weight is 384 g/mol. The first kappa shape index (κ1) is 14.3. The lowest BCUT2D eigenvalue weighted by atomic mass is 9.99. The standard InChI is InChI=1S/C15H12Br2O2/c1-9-12(6-7-13(19-2)14(9)17)15(18)10-4-3-5-11(16)8-10/h3-8H,1-2H3. The summed E-state index contributed by atoms with van der Waals surface area (Å²) in [5.74, 6) is 0.727. The number of ketones is 1. The van der Waals surface area contributed by atoms with Crippen LogP contribution in [0, 0.1) is 6.92 Å². The van der Waals surface area contributed by atoms with Crippen molar-refractivity contribution in [2.75, 3.05) is 7.11 Å². The number of rotatable bonds is 3. The van der Waals surface area contributed by atoms with Gasteiger partial charge in [-0.25, -0.2) is 0 Å². The van der Waals surface area contributed by atoms with Gasteiger partial charge in [0.1, 0.15) is 5.75 Å². The predicted octanol–water partition coefficient (Wildman–Crippen LogP) is 4.76. The predicted molar refractivity (Wildman–Crippen MR) is 83.0 cm³/mol. The van der Waals surface area contributed by atoms with Crippen LogP contribution in [0.1, 0.15) is 21.5 Å². The van der Waals surface area contributed by atoms with Crippen molar-refractivity contribution in [2.24, 2.45) is 0 Å². The molecule has 0 N–H and O–H groups in total. The zero-order valence-corrected chi connectivity index (χ0v) is 13.7. The molecule has 0 aliphatic carbocycles. The van der Waals surface area contributed by atoms with E-state index in [0.29, 0.717) is 11.1 Å². The monoisotopic (exact) mass is 382 g/mol. The maximum absolute atomic E-state index is 12.5. The first-order valence-corrected chi connectivity index (χ1v) is 7.26. The summed E-state index contributed by atoms with van der Waals surface area (Å²) >= 11 is 6.84. The highest BCUT2D eigenvalue weighted by molar-refractivity contribution is 9.10.